The highest BCUT2D eigenvalue weighted by Crippen LogP contribution is 2.23. The lowest BCUT2D eigenvalue weighted by atomic mass is 10.2. The maximum Gasteiger partial charge on any atom is 0.265 e. The molecule has 2 aromatic carbocycles. The third-order valence-electron chi connectivity index (χ3n) is 4.92. The normalized spacial score (nSPS) is 16.0. The van der Waals surface area contributed by atoms with Crippen molar-refractivity contribution in [3.05, 3.63) is 59.7 Å². The van der Waals surface area contributed by atoms with E-state index in [4.69, 9.17) is 0 Å². The van der Waals surface area contributed by atoms with Crippen molar-refractivity contribution in [1.82, 2.24) is 15.3 Å². The second kappa shape index (κ2) is 8.30. The number of hydrogen-bond acceptors (Lipinski definition) is 5. The van der Waals surface area contributed by atoms with Crippen molar-refractivity contribution in [3.8, 4) is 0 Å². The molecule has 2 aromatic rings. The molecular weight excluding hydrogens is 376 g/mol. The van der Waals surface area contributed by atoms with Gasteiger partial charge in [-0.25, -0.2) is 13.4 Å². The molecule has 7 nitrogen and oxygen atoms in total. The van der Waals surface area contributed by atoms with Crippen LogP contribution in [0.1, 0.15) is 15.9 Å². The van der Waals surface area contributed by atoms with Crippen LogP contribution in [0.4, 0.5) is 5.69 Å². The summed E-state index contributed by atoms with van der Waals surface area (Å²) in [6.45, 7) is 5.15. The predicted octanol–water partition coefficient (Wildman–Crippen LogP) is 1.71. The molecule has 0 radical (unpaired) electrons. The molecule has 1 heterocycles. The first-order valence-electron chi connectivity index (χ1n) is 9.17. The number of nitrogens with one attached hydrogen (secondary N) is 1. The summed E-state index contributed by atoms with van der Waals surface area (Å²) in [5, 5.41) is 1.86. The van der Waals surface area contributed by atoms with Crippen LogP contribution in [0.15, 0.2) is 53.4 Å². The fourth-order valence-electron chi connectivity index (χ4n) is 2.98. The minimum Gasteiger partial charge on any atom is -0.304 e. The van der Waals surface area contributed by atoms with E-state index >= 15 is 0 Å². The second-order valence-corrected chi connectivity index (χ2v) is 9.04. The van der Waals surface area contributed by atoms with Gasteiger partial charge in [0.1, 0.15) is 0 Å². The molecule has 1 amide bonds. The quantitative estimate of drug-likeness (QED) is 0.824. The van der Waals surface area contributed by atoms with Crippen molar-refractivity contribution in [2.75, 3.05) is 44.6 Å². The fraction of sp³-hybridized carbons (Fsp3) is 0.350. The van der Waals surface area contributed by atoms with E-state index in [1.807, 2.05) is 31.1 Å². The largest absolute Gasteiger partial charge is 0.304 e. The van der Waals surface area contributed by atoms with E-state index in [2.05, 4.69) is 10.3 Å². The van der Waals surface area contributed by atoms with Crippen LogP contribution >= 0.6 is 0 Å². The number of nitrogens with zero attached hydrogens (tertiary/aromatic N) is 3. The number of likely N-dealkylation sites (N-methyl/N-ethyl adjacent to an activating group) is 1. The summed E-state index contributed by atoms with van der Waals surface area (Å²) in [5.74, 6) is -0.306. The summed E-state index contributed by atoms with van der Waals surface area (Å²) < 4.78 is 27.2. The van der Waals surface area contributed by atoms with Crippen molar-refractivity contribution >= 4 is 21.6 Å². The average molecular weight is 403 g/mol. The summed E-state index contributed by atoms with van der Waals surface area (Å²) >= 11 is 0. The van der Waals surface area contributed by atoms with Crippen molar-refractivity contribution in [2.24, 2.45) is 0 Å². The molecule has 0 atom stereocenters. The fourth-order valence-corrected chi connectivity index (χ4v) is 4.22. The lowest BCUT2D eigenvalue weighted by Crippen LogP contribution is -2.52. The summed E-state index contributed by atoms with van der Waals surface area (Å²) in [5.41, 5.74) is 4.80. The molecule has 1 aliphatic rings. The molecule has 0 spiro atoms. The molecule has 1 fully saturated rings. The molecular formula is C20H26N4O3S. The van der Waals surface area contributed by atoms with E-state index < -0.39 is 10.0 Å². The van der Waals surface area contributed by atoms with Gasteiger partial charge >= 0.3 is 0 Å². The topological polar surface area (TPSA) is 73.0 Å². The number of anilines is 1. The number of carbonyl (C=O) groups is 1. The molecule has 28 heavy (non-hydrogen) atoms. The molecule has 0 unspecified atom stereocenters. The van der Waals surface area contributed by atoms with Crippen molar-refractivity contribution < 1.29 is 13.2 Å². The zero-order valence-electron chi connectivity index (χ0n) is 16.4. The lowest BCUT2D eigenvalue weighted by molar-refractivity contribution is 0.0662. The van der Waals surface area contributed by atoms with Gasteiger partial charge in [-0.15, -0.1) is 0 Å². The molecule has 0 bridgehead atoms. The van der Waals surface area contributed by atoms with E-state index in [0.717, 1.165) is 31.7 Å². The third kappa shape index (κ3) is 4.52. The van der Waals surface area contributed by atoms with E-state index in [1.165, 1.54) is 23.5 Å². The van der Waals surface area contributed by atoms with Crippen LogP contribution in [0, 0.1) is 6.92 Å². The summed E-state index contributed by atoms with van der Waals surface area (Å²) in [6, 6.07) is 13.4. The van der Waals surface area contributed by atoms with Gasteiger partial charge in [-0.05, 0) is 44.3 Å². The molecule has 0 aliphatic carbocycles. The summed E-state index contributed by atoms with van der Waals surface area (Å²) in [4.78, 5) is 14.9. The molecule has 3 rings (SSSR count). The van der Waals surface area contributed by atoms with Crippen LogP contribution in [0.25, 0.3) is 0 Å². The number of rotatable bonds is 5. The van der Waals surface area contributed by atoms with Crippen LogP contribution in [0.5, 0.6) is 0 Å². The van der Waals surface area contributed by atoms with Gasteiger partial charge in [0.2, 0.25) is 0 Å². The molecule has 8 heteroatoms. The molecule has 1 saturated heterocycles. The highest BCUT2D eigenvalue weighted by molar-refractivity contribution is 7.92. The van der Waals surface area contributed by atoms with Crippen molar-refractivity contribution in [1.29, 1.82) is 0 Å². The number of benzene rings is 2. The number of sulfonamides is 1. The molecule has 1 N–H and O–H groups in total. The summed E-state index contributed by atoms with van der Waals surface area (Å²) in [7, 11) is -0.218. The first kappa shape index (κ1) is 20.3. The van der Waals surface area contributed by atoms with Crippen LogP contribution in [0.3, 0.4) is 0 Å². The van der Waals surface area contributed by atoms with Gasteiger partial charge in [0, 0.05) is 38.8 Å². The first-order chi connectivity index (χ1) is 13.3. The van der Waals surface area contributed by atoms with E-state index in [1.54, 1.807) is 24.3 Å². The number of carbonyl (C=O) groups excluding carboxylic acids is 1. The zero-order chi connectivity index (χ0) is 20.3. The third-order valence-corrected chi connectivity index (χ3v) is 6.70. The molecule has 150 valence electrons. The van der Waals surface area contributed by atoms with Crippen molar-refractivity contribution in [3.63, 3.8) is 0 Å². The maximum atomic E-state index is 13.0. The first-order valence-corrected chi connectivity index (χ1v) is 10.6. The van der Waals surface area contributed by atoms with E-state index in [9.17, 15) is 13.2 Å². The number of piperazine rings is 1. The summed E-state index contributed by atoms with van der Waals surface area (Å²) in [6.07, 6.45) is 0. The Bertz CT molecular complexity index is 936. The van der Waals surface area contributed by atoms with E-state index in [-0.39, 0.29) is 10.8 Å². The molecule has 0 saturated carbocycles. The maximum absolute atomic E-state index is 13.0. The van der Waals surface area contributed by atoms with Gasteiger partial charge in [-0.2, -0.15) is 0 Å². The smallest absolute Gasteiger partial charge is 0.265 e. The van der Waals surface area contributed by atoms with Crippen LogP contribution in [-0.4, -0.2) is 64.5 Å². The number of hydrazine groups is 1. The second-order valence-electron chi connectivity index (χ2n) is 7.07. The van der Waals surface area contributed by atoms with Gasteiger partial charge in [-0.3, -0.25) is 14.5 Å². The van der Waals surface area contributed by atoms with Gasteiger partial charge in [-0.1, -0.05) is 23.8 Å². The Hall–Kier alpha value is -2.42. The Morgan fingerprint density at radius 2 is 1.68 bits per heavy atom. The number of amides is 1. The highest BCUT2D eigenvalue weighted by atomic mass is 32.2. The minimum absolute atomic E-state index is 0.0848. The number of hydrogen-bond donors (Lipinski definition) is 1. The molecule has 0 aromatic heterocycles. The van der Waals surface area contributed by atoms with Gasteiger partial charge in [0.25, 0.3) is 15.9 Å². The minimum atomic E-state index is -3.77. The van der Waals surface area contributed by atoms with Gasteiger partial charge in [0.15, 0.2) is 0 Å². The van der Waals surface area contributed by atoms with Gasteiger partial charge < -0.3 is 4.90 Å². The Balaban J connectivity index is 1.77. The predicted molar refractivity (Wildman–Crippen MR) is 110 cm³/mol. The standard InChI is InChI=1S/C20H26N4O3S/c1-16-7-9-18(10-8-16)23(3)28(26,27)19-6-4-5-17(15-19)20(25)21-24-13-11-22(2)12-14-24/h4-10,15H,11-14H2,1-3H3,(H,21,25). The van der Waals surface area contributed by atoms with Gasteiger partial charge in [0.05, 0.1) is 10.6 Å². The van der Waals surface area contributed by atoms with E-state index in [0.29, 0.717) is 11.3 Å². The lowest BCUT2D eigenvalue weighted by Gasteiger charge is -2.32. The molecule has 1 aliphatic heterocycles. The Labute approximate surface area is 166 Å². The highest BCUT2D eigenvalue weighted by Gasteiger charge is 2.23. The number of aryl methyl sites for hydroxylation is 1. The van der Waals surface area contributed by atoms with Crippen molar-refractivity contribution in [2.45, 2.75) is 11.8 Å². The Morgan fingerprint density at radius 3 is 2.32 bits per heavy atom. The average Bonchev–Trinajstić information content (AvgIpc) is 2.70. The SMILES string of the molecule is Cc1ccc(N(C)S(=O)(=O)c2cccc(C(=O)NN3CCN(C)CC3)c2)cc1. The zero-order valence-corrected chi connectivity index (χ0v) is 17.2. The van der Waals surface area contributed by atoms with Crippen LogP contribution in [-0.2, 0) is 10.0 Å². The monoisotopic (exact) mass is 402 g/mol. The van der Waals surface area contributed by atoms with Crippen LogP contribution in [0.2, 0.25) is 0 Å². The Morgan fingerprint density at radius 1 is 1.04 bits per heavy atom. The van der Waals surface area contributed by atoms with Crippen LogP contribution < -0.4 is 9.73 Å². The Kier molecular flexibility index (Phi) is 6.02.